The molecule has 17 heavy (non-hydrogen) atoms. The van der Waals surface area contributed by atoms with Crippen LogP contribution in [0.5, 0.6) is 0 Å². The van der Waals surface area contributed by atoms with Crippen molar-refractivity contribution in [3.05, 3.63) is 32.4 Å². The van der Waals surface area contributed by atoms with Crippen molar-refractivity contribution in [2.24, 2.45) is 0 Å². The van der Waals surface area contributed by atoms with Gasteiger partial charge in [0.05, 0.1) is 5.56 Å². The molecule has 2 nitrogen and oxygen atoms in total. The number of alkyl halides is 1. The molecular formula is C12H14BrClINO. The molecular weight excluding hydrogens is 416 g/mol. The van der Waals surface area contributed by atoms with Gasteiger partial charge in [0.15, 0.2) is 0 Å². The van der Waals surface area contributed by atoms with Crippen LogP contribution in [0.25, 0.3) is 0 Å². The molecule has 0 aliphatic carbocycles. The summed E-state index contributed by atoms with van der Waals surface area (Å²) in [6.45, 7) is 3.56. The topological polar surface area (TPSA) is 20.3 Å². The molecule has 0 N–H and O–H groups in total. The minimum Gasteiger partial charge on any atom is -0.338 e. The van der Waals surface area contributed by atoms with Crippen molar-refractivity contribution in [1.82, 2.24) is 4.90 Å². The average Bonchev–Trinajstić information content (AvgIpc) is 2.31. The van der Waals surface area contributed by atoms with Gasteiger partial charge in [-0.1, -0.05) is 34.5 Å². The number of halogens is 3. The molecule has 0 bridgehead atoms. The molecule has 0 atom stereocenters. The second-order valence-electron chi connectivity index (χ2n) is 3.61. The third-order valence-corrected chi connectivity index (χ3v) is 3.82. The fourth-order valence-corrected chi connectivity index (χ4v) is 2.68. The lowest BCUT2D eigenvalue weighted by Gasteiger charge is -2.21. The van der Waals surface area contributed by atoms with Gasteiger partial charge in [0.25, 0.3) is 5.91 Å². The summed E-state index contributed by atoms with van der Waals surface area (Å²) >= 11 is 11.5. The van der Waals surface area contributed by atoms with Crippen molar-refractivity contribution >= 4 is 56.0 Å². The number of carbonyl (C=O) groups excluding carboxylic acids is 1. The van der Waals surface area contributed by atoms with Gasteiger partial charge in [-0.05, 0) is 47.2 Å². The number of benzene rings is 1. The summed E-state index contributed by atoms with van der Waals surface area (Å²) in [6.07, 6.45) is 0.954. The molecule has 1 rings (SSSR count). The Morgan fingerprint density at radius 1 is 1.47 bits per heavy atom. The van der Waals surface area contributed by atoms with Gasteiger partial charge >= 0.3 is 0 Å². The Bertz CT molecular complexity index is 394. The molecule has 0 fully saturated rings. The number of rotatable bonds is 5. The smallest absolute Gasteiger partial charge is 0.255 e. The Morgan fingerprint density at radius 2 is 2.18 bits per heavy atom. The Balaban J connectivity index is 2.95. The van der Waals surface area contributed by atoms with Crippen LogP contribution in [-0.2, 0) is 0 Å². The van der Waals surface area contributed by atoms with E-state index in [1.165, 1.54) is 0 Å². The molecule has 0 aliphatic heterocycles. The number of carbonyl (C=O) groups is 1. The molecule has 94 valence electrons. The number of nitrogens with zero attached hydrogens (tertiary/aromatic N) is 1. The zero-order chi connectivity index (χ0) is 12.8. The highest BCUT2D eigenvalue weighted by Crippen LogP contribution is 2.19. The van der Waals surface area contributed by atoms with E-state index in [0.717, 1.165) is 28.4 Å². The molecule has 5 heteroatoms. The largest absolute Gasteiger partial charge is 0.338 e. The number of amides is 1. The van der Waals surface area contributed by atoms with Crippen LogP contribution in [0, 0.1) is 3.57 Å². The SMILES string of the molecule is CCCN(CCBr)C(=O)c1cc(Cl)ccc1I. The van der Waals surface area contributed by atoms with E-state index >= 15 is 0 Å². The summed E-state index contributed by atoms with van der Waals surface area (Å²) < 4.78 is 0.938. The van der Waals surface area contributed by atoms with E-state index in [1.54, 1.807) is 12.1 Å². The summed E-state index contributed by atoms with van der Waals surface area (Å²) in [5.41, 5.74) is 0.688. The van der Waals surface area contributed by atoms with E-state index in [2.05, 4.69) is 45.4 Å². The van der Waals surface area contributed by atoms with E-state index in [4.69, 9.17) is 11.6 Å². The summed E-state index contributed by atoms with van der Waals surface area (Å²) in [7, 11) is 0. The van der Waals surface area contributed by atoms with E-state index < -0.39 is 0 Å². The Kier molecular flexibility index (Phi) is 6.80. The molecule has 1 aromatic rings. The highest BCUT2D eigenvalue weighted by atomic mass is 127. The molecule has 0 spiro atoms. The lowest BCUT2D eigenvalue weighted by molar-refractivity contribution is 0.0765. The van der Waals surface area contributed by atoms with Crippen LogP contribution < -0.4 is 0 Å². The molecule has 0 unspecified atom stereocenters. The Morgan fingerprint density at radius 3 is 2.76 bits per heavy atom. The van der Waals surface area contributed by atoms with Crippen LogP contribution in [0.15, 0.2) is 18.2 Å². The molecule has 0 aromatic heterocycles. The zero-order valence-electron chi connectivity index (χ0n) is 9.55. The lowest BCUT2D eigenvalue weighted by atomic mass is 10.2. The Hall–Kier alpha value is 0.190. The van der Waals surface area contributed by atoms with Gasteiger partial charge in [0.1, 0.15) is 0 Å². The van der Waals surface area contributed by atoms with E-state index in [9.17, 15) is 4.79 Å². The first-order valence-electron chi connectivity index (χ1n) is 5.40. The maximum Gasteiger partial charge on any atom is 0.255 e. The second-order valence-corrected chi connectivity index (χ2v) is 6.00. The van der Waals surface area contributed by atoms with Crippen LogP contribution in [-0.4, -0.2) is 29.2 Å². The quantitative estimate of drug-likeness (QED) is 0.507. The first-order valence-corrected chi connectivity index (χ1v) is 7.98. The molecule has 0 saturated heterocycles. The predicted molar refractivity (Wildman–Crippen MR) is 84.2 cm³/mol. The highest BCUT2D eigenvalue weighted by Gasteiger charge is 2.17. The lowest BCUT2D eigenvalue weighted by Crippen LogP contribution is -2.33. The minimum atomic E-state index is 0.0539. The molecule has 0 radical (unpaired) electrons. The summed E-state index contributed by atoms with van der Waals surface area (Å²) in [6, 6.07) is 5.41. The Labute approximate surface area is 129 Å². The minimum absolute atomic E-state index is 0.0539. The van der Waals surface area contributed by atoms with E-state index in [-0.39, 0.29) is 5.91 Å². The van der Waals surface area contributed by atoms with Gasteiger partial charge in [0, 0.05) is 27.0 Å². The average molecular weight is 431 g/mol. The molecule has 0 heterocycles. The molecule has 0 aliphatic rings. The van der Waals surface area contributed by atoms with Gasteiger partial charge in [-0.15, -0.1) is 0 Å². The number of hydrogen-bond donors (Lipinski definition) is 0. The van der Waals surface area contributed by atoms with Crippen molar-refractivity contribution in [3.8, 4) is 0 Å². The third kappa shape index (κ3) is 4.41. The van der Waals surface area contributed by atoms with Crippen LogP contribution in [0.4, 0.5) is 0 Å². The van der Waals surface area contributed by atoms with Crippen molar-refractivity contribution < 1.29 is 4.79 Å². The van der Waals surface area contributed by atoms with Crippen molar-refractivity contribution in [2.45, 2.75) is 13.3 Å². The van der Waals surface area contributed by atoms with Gasteiger partial charge in [-0.3, -0.25) is 4.79 Å². The third-order valence-electron chi connectivity index (χ3n) is 2.29. The summed E-state index contributed by atoms with van der Waals surface area (Å²) in [5.74, 6) is 0.0539. The fourth-order valence-electron chi connectivity index (χ4n) is 1.52. The summed E-state index contributed by atoms with van der Waals surface area (Å²) in [5, 5.41) is 1.39. The maximum absolute atomic E-state index is 12.3. The summed E-state index contributed by atoms with van der Waals surface area (Å²) in [4.78, 5) is 14.2. The van der Waals surface area contributed by atoms with Crippen LogP contribution in [0.2, 0.25) is 5.02 Å². The predicted octanol–water partition coefficient (Wildman–Crippen LogP) is 4.19. The van der Waals surface area contributed by atoms with Gasteiger partial charge in [-0.2, -0.15) is 0 Å². The highest BCUT2D eigenvalue weighted by molar-refractivity contribution is 14.1. The normalized spacial score (nSPS) is 10.4. The monoisotopic (exact) mass is 429 g/mol. The second kappa shape index (κ2) is 7.59. The maximum atomic E-state index is 12.3. The standard InChI is InChI=1S/C12H14BrClINO/c1-2-6-16(7-5-13)12(17)10-8-9(14)3-4-11(10)15/h3-4,8H,2,5-7H2,1H3. The zero-order valence-corrected chi connectivity index (χ0v) is 14.0. The van der Waals surface area contributed by atoms with Crippen molar-refractivity contribution in [1.29, 1.82) is 0 Å². The first kappa shape index (κ1) is 15.2. The van der Waals surface area contributed by atoms with Gasteiger partial charge < -0.3 is 4.90 Å². The van der Waals surface area contributed by atoms with Gasteiger partial charge in [-0.25, -0.2) is 0 Å². The molecule has 0 saturated carbocycles. The first-order chi connectivity index (χ1) is 8.10. The molecule has 1 aromatic carbocycles. The van der Waals surface area contributed by atoms with Crippen LogP contribution in [0.1, 0.15) is 23.7 Å². The van der Waals surface area contributed by atoms with Gasteiger partial charge in [0.2, 0.25) is 0 Å². The van der Waals surface area contributed by atoms with Crippen molar-refractivity contribution in [2.75, 3.05) is 18.4 Å². The van der Waals surface area contributed by atoms with E-state index in [1.807, 2.05) is 11.0 Å². The van der Waals surface area contributed by atoms with Crippen LogP contribution in [0.3, 0.4) is 0 Å². The number of hydrogen-bond acceptors (Lipinski definition) is 1. The van der Waals surface area contributed by atoms with Crippen molar-refractivity contribution in [3.63, 3.8) is 0 Å². The fraction of sp³-hybridized carbons (Fsp3) is 0.417. The van der Waals surface area contributed by atoms with Crippen LogP contribution >= 0.6 is 50.1 Å². The molecule has 1 amide bonds. The van der Waals surface area contributed by atoms with E-state index in [0.29, 0.717) is 10.6 Å².